The SMILES string of the molecule is CCC(C)(NC(=O)C1CCOCC1)C(=O)O. The summed E-state index contributed by atoms with van der Waals surface area (Å²) in [7, 11) is 0. The standard InChI is InChI=1S/C11H19NO4/c1-3-11(2,10(14)15)12-9(13)8-4-6-16-7-5-8/h8H,3-7H2,1-2H3,(H,12,13)(H,14,15). The van der Waals surface area contributed by atoms with Gasteiger partial charge in [-0.3, -0.25) is 4.79 Å². The molecule has 1 aliphatic heterocycles. The zero-order chi connectivity index (χ0) is 12.2. The minimum absolute atomic E-state index is 0.112. The summed E-state index contributed by atoms with van der Waals surface area (Å²) in [5.41, 5.74) is -1.16. The zero-order valence-electron chi connectivity index (χ0n) is 9.78. The number of carboxylic acids is 1. The number of hydrogen-bond acceptors (Lipinski definition) is 3. The van der Waals surface area contributed by atoms with Crippen LogP contribution >= 0.6 is 0 Å². The second kappa shape index (κ2) is 5.30. The van der Waals surface area contributed by atoms with Crippen LogP contribution in [0.25, 0.3) is 0 Å². The van der Waals surface area contributed by atoms with Crippen molar-refractivity contribution in [1.29, 1.82) is 0 Å². The quantitative estimate of drug-likeness (QED) is 0.747. The van der Waals surface area contributed by atoms with Crippen LogP contribution < -0.4 is 5.32 Å². The Balaban J connectivity index is 2.57. The molecule has 0 spiro atoms. The highest BCUT2D eigenvalue weighted by Crippen LogP contribution is 2.17. The maximum absolute atomic E-state index is 11.8. The van der Waals surface area contributed by atoms with E-state index in [4.69, 9.17) is 9.84 Å². The van der Waals surface area contributed by atoms with E-state index in [1.54, 1.807) is 6.92 Å². The van der Waals surface area contributed by atoms with Gasteiger partial charge in [-0.2, -0.15) is 0 Å². The van der Waals surface area contributed by atoms with Crippen LogP contribution in [0.3, 0.4) is 0 Å². The number of hydrogen-bond donors (Lipinski definition) is 2. The van der Waals surface area contributed by atoms with Crippen molar-refractivity contribution < 1.29 is 19.4 Å². The van der Waals surface area contributed by atoms with Crippen LogP contribution in [0.5, 0.6) is 0 Å². The van der Waals surface area contributed by atoms with Crippen molar-refractivity contribution in [2.45, 2.75) is 38.6 Å². The molecule has 1 unspecified atom stereocenters. The smallest absolute Gasteiger partial charge is 0.329 e. The van der Waals surface area contributed by atoms with Crippen molar-refractivity contribution in [2.24, 2.45) is 5.92 Å². The number of nitrogens with one attached hydrogen (secondary N) is 1. The Morgan fingerprint density at radius 3 is 2.44 bits per heavy atom. The number of carbonyl (C=O) groups is 2. The van der Waals surface area contributed by atoms with E-state index in [2.05, 4.69) is 5.32 Å². The highest BCUT2D eigenvalue weighted by atomic mass is 16.5. The number of carbonyl (C=O) groups excluding carboxylic acids is 1. The van der Waals surface area contributed by atoms with Gasteiger partial charge >= 0.3 is 5.97 Å². The van der Waals surface area contributed by atoms with Crippen LogP contribution in [0.1, 0.15) is 33.1 Å². The lowest BCUT2D eigenvalue weighted by molar-refractivity contribution is -0.148. The Morgan fingerprint density at radius 1 is 1.44 bits per heavy atom. The van der Waals surface area contributed by atoms with Crippen LogP contribution in [-0.2, 0) is 14.3 Å². The fraction of sp³-hybridized carbons (Fsp3) is 0.818. The summed E-state index contributed by atoms with van der Waals surface area (Å²) in [4.78, 5) is 22.9. The number of rotatable bonds is 4. The minimum Gasteiger partial charge on any atom is -0.480 e. The van der Waals surface area contributed by atoms with Gasteiger partial charge < -0.3 is 15.2 Å². The fourth-order valence-corrected chi connectivity index (χ4v) is 1.63. The lowest BCUT2D eigenvalue weighted by atomic mass is 9.94. The van der Waals surface area contributed by atoms with E-state index in [0.717, 1.165) is 0 Å². The molecule has 16 heavy (non-hydrogen) atoms. The predicted octanol–water partition coefficient (Wildman–Crippen LogP) is 0.782. The van der Waals surface area contributed by atoms with E-state index >= 15 is 0 Å². The van der Waals surface area contributed by atoms with Crippen molar-refractivity contribution in [3.8, 4) is 0 Å². The molecule has 1 fully saturated rings. The summed E-state index contributed by atoms with van der Waals surface area (Å²) in [5.74, 6) is -1.27. The van der Waals surface area contributed by atoms with Crippen molar-refractivity contribution in [2.75, 3.05) is 13.2 Å². The van der Waals surface area contributed by atoms with Crippen LogP contribution in [0.2, 0.25) is 0 Å². The molecule has 1 saturated heterocycles. The van der Waals surface area contributed by atoms with Gasteiger partial charge in [0.1, 0.15) is 5.54 Å². The highest BCUT2D eigenvalue weighted by molar-refractivity contribution is 5.87. The van der Waals surface area contributed by atoms with E-state index in [9.17, 15) is 9.59 Å². The maximum atomic E-state index is 11.8. The Labute approximate surface area is 95.2 Å². The molecular formula is C11H19NO4. The molecule has 5 nitrogen and oxygen atoms in total. The van der Waals surface area contributed by atoms with E-state index in [1.807, 2.05) is 0 Å². The lowest BCUT2D eigenvalue weighted by Gasteiger charge is -2.28. The molecule has 0 bridgehead atoms. The third-order valence-electron chi connectivity index (χ3n) is 3.17. The lowest BCUT2D eigenvalue weighted by Crippen LogP contribution is -2.53. The molecule has 0 aromatic carbocycles. The molecule has 0 saturated carbocycles. The van der Waals surface area contributed by atoms with Crippen molar-refractivity contribution in [3.05, 3.63) is 0 Å². The zero-order valence-corrected chi connectivity index (χ0v) is 9.78. The fourth-order valence-electron chi connectivity index (χ4n) is 1.63. The summed E-state index contributed by atoms with van der Waals surface area (Å²) >= 11 is 0. The molecule has 92 valence electrons. The highest BCUT2D eigenvalue weighted by Gasteiger charge is 2.35. The first-order valence-corrected chi connectivity index (χ1v) is 5.63. The van der Waals surface area contributed by atoms with Gasteiger partial charge in [0.05, 0.1) is 0 Å². The van der Waals surface area contributed by atoms with Gasteiger partial charge in [-0.1, -0.05) is 6.92 Å². The third-order valence-corrected chi connectivity index (χ3v) is 3.17. The summed E-state index contributed by atoms with van der Waals surface area (Å²) in [6.45, 7) is 4.44. The van der Waals surface area contributed by atoms with E-state index in [-0.39, 0.29) is 11.8 Å². The summed E-state index contributed by atoms with van der Waals surface area (Å²) < 4.78 is 5.16. The van der Waals surface area contributed by atoms with Gasteiger partial charge in [-0.25, -0.2) is 4.79 Å². The third kappa shape index (κ3) is 2.95. The summed E-state index contributed by atoms with van der Waals surface area (Å²) in [5, 5.41) is 11.7. The molecule has 1 aliphatic rings. The van der Waals surface area contributed by atoms with E-state index in [1.165, 1.54) is 6.92 Å². The molecule has 0 aliphatic carbocycles. The van der Waals surface area contributed by atoms with Crippen molar-refractivity contribution in [3.63, 3.8) is 0 Å². The van der Waals surface area contributed by atoms with Crippen LogP contribution in [0, 0.1) is 5.92 Å². The molecule has 0 radical (unpaired) electrons. The van der Waals surface area contributed by atoms with Crippen LogP contribution in [0.4, 0.5) is 0 Å². The van der Waals surface area contributed by atoms with Gasteiger partial charge in [0, 0.05) is 19.1 Å². The number of carboxylic acid groups (broad SMARTS) is 1. The van der Waals surface area contributed by atoms with Crippen molar-refractivity contribution in [1.82, 2.24) is 5.32 Å². The molecule has 1 rings (SSSR count). The average Bonchev–Trinajstić information content (AvgIpc) is 2.29. The topological polar surface area (TPSA) is 75.6 Å². The second-order valence-electron chi connectivity index (χ2n) is 4.37. The monoisotopic (exact) mass is 229 g/mol. The Kier molecular flexibility index (Phi) is 4.29. The average molecular weight is 229 g/mol. The number of ether oxygens (including phenoxy) is 1. The van der Waals surface area contributed by atoms with Gasteiger partial charge in [0.2, 0.25) is 5.91 Å². The molecule has 5 heteroatoms. The van der Waals surface area contributed by atoms with E-state index in [0.29, 0.717) is 32.5 Å². The molecule has 1 amide bonds. The first-order chi connectivity index (χ1) is 7.49. The summed E-state index contributed by atoms with van der Waals surface area (Å²) in [6.07, 6.45) is 1.72. The first-order valence-electron chi connectivity index (χ1n) is 5.63. The van der Waals surface area contributed by atoms with Gasteiger partial charge in [0.25, 0.3) is 0 Å². The molecule has 1 atom stereocenters. The van der Waals surface area contributed by atoms with Gasteiger partial charge in [-0.05, 0) is 26.2 Å². The maximum Gasteiger partial charge on any atom is 0.329 e. The molecule has 0 aromatic rings. The Morgan fingerprint density at radius 2 is 2.00 bits per heavy atom. The molecular weight excluding hydrogens is 210 g/mol. The molecule has 0 aromatic heterocycles. The number of aliphatic carboxylic acids is 1. The number of amides is 1. The van der Waals surface area contributed by atoms with Gasteiger partial charge in [-0.15, -0.1) is 0 Å². The van der Waals surface area contributed by atoms with Gasteiger partial charge in [0.15, 0.2) is 0 Å². The molecule has 2 N–H and O–H groups in total. The van der Waals surface area contributed by atoms with E-state index < -0.39 is 11.5 Å². The molecule has 1 heterocycles. The summed E-state index contributed by atoms with van der Waals surface area (Å²) in [6, 6.07) is 0. The normalized spacial score (nSPS) is 21.1. The second-order valence-corrected chi connectivity index (χ2v) is 4.37. The Bertz CT molecular complexity index is 273. The van der Waals surface area contributed by atoms with Crippen LogP contribution in [-0.4, -0.2) is 35.7 Å². The minimum atomic E-state index is -1.16. The Hall–Kier alpha value is -1.10. The predicted molar refractivity (Wildman–Crippen MR) is 58.0 cm³/mol. The van der Waals surface area contributed by atoms with Crippen molar-refractivity contribution >= 4 is 11.9 Å². The van der Waals surface area contributed by atoms with Crippen LogP contribution in [0.15, 0.2) is 0 Å². The largest absolute Gasteiger partial charge is 0.480 e. The first kappa shape index (κ1) is 13.0.